The third kappa shape index (κ3) is 1.04. The summed E-state index contributed by atoms with van der Waals surface area (Å²) in [6, 6.07) is 5.88. The summed E-state index contributed by atoms with van der Waals surface area (Å²) in [5, 5.41) is 0. The Morgan fingerprint density at radius 3 is 1.89 bits per heavy atom. The Bertz CT molecular complexity index is 196. The molecule has 1 N–H and O–H groups in total. The van der Waals surface area contributed by atoms with Crippen molar-refractivity contribution in [3.8, 4) is 0 Å². The van der Waals surface area contributed by atoms with Crippen LogP contribution in [0.5, 0.6) is 0 Å². The second-order valence-electron chi connectivity index (χ2n) is 2.27. The molecule has 1 nitrogen and oxygen atoms in total. The van der Waals surface area contributed by atoms with Gasteiger partial charge in [0.25, 0.3) is 0 Å². The lowest BCUT2D eigenvalue weighted by Gasteiger charge is -2.10. The smallest absolute Gasteiger partial charge is 0.0410 e. The van der Waals surface area contributed by atoms with E-state index < -0.39 is 0 Å². The van der Waals surface area contributed by atoms with E-state index >= 15 is 0 Å². The van der Waals surface area contributed by atoms with E-state index in [1.807, 2.05) is 32.0 Å². The quantitative estimate of drug-likeness (QED) is 0.502. The van der Waals surface area contributed by atoms with Crippen molar-refractivity contribution in [1.82, 2.24) is 0 Å². The summed E-state index contributed by atoms with van der Waals surface area (Å²) in [5.41, 5.74) is 10.2. The molecule has 0 spiro atoms. The van der Waals surface area contributed by atoms with Gasteiger partial charge in [0.05, 0.1) is 0 Å². The van der Waals surface area contributed by atoms with Crippen molar-refractivity contribution < 1.29 is 0 Å². The fourth-order valence-electron chi connectivity index (χ4n) is 0.814. The topological polar surface area (TPSA) is 23.8 Å². The minimum atomic E-state index is 0.664. The van der Waals surface area contributed by atoms with Gasteiger partial charge in [0.1, 0.15) is 0 Å². The summed E-state index contributed by atoms with van der Waals surface area (Å²) in [4.78, 5) is 0. The van der Waals surface area contributed by atoms with E-state index in [0.29, 0.717) is 5.69 Å². The standard InChI is InChI=1S/C8H10N/c1-6-4-3-5-7(2)8(6)9/h3-5,9H,1-2H3/q-1. The predicted octanol–water partition coefficient (Wildman–Crippen LogP) is 2.99. The molecule has 1 aromatic rings. The normalized spacial score (nSPS) is 9.56. The number of aryl methyl sites for hydroxylation is 2. The summed E-state index contributed by atoms with van der Waals surface area (Å²) < 4.78 is 0. The van der Waals surface area contributed by atoms with Gasteiger partial charge in [0.15, 0.2) is 0 Å². The van der Waals surface area contributed by atoms with E-state index in [1.165, 1.54) is 0 Å². The maximum atomic E-state index is 7.44. The van der Waals surface area contributed by atoms with Gasteiger partial charge in [-0.15, -0.1) is 5.69 Å². The lowest BCUT2D eigenvalue weighted by Crippen LogP contribution is -1.74. The van der Waals surface area contributed by atoms with Crippen molar-refractivity contribution in [2.45, 2.75) is 13.8 Å². The minimum Gasteiger partial charge on any atom is -0.698 e. The third-order valence-corrected chi connectivity index (χ3v) is 1.48. The van der Waals surface area contributed by atoms with Crippen LogP contribution in [0.3, 0.4) is 0 Å². The van der Waals surface area contributed by atoms with E-state index in [0.717, 1.165) is 11.1 Å². The van der Waals surface area contributed by atoms with Crippen molar-refractivity contribution in [3.05, 3.63) is 35.1 Å². The highest BCUT2D eigenvalue weighted by molar-refractivity contribution is 5.55. The molecule has 48 valence electrons. The molecule has 0 aromatic heterocycles. The average Bonchev–Trinajstić information content (AvgIpc) is 1.83. The number of hydrogen-bond acceptors (Lipinski definition) is 0. The van der Waals surface area contributed by atoms with Crippen LogP contribution in [0.25, 0.3) is 5.73 Å². The van der Waals surface area contributed by atoms with Crippen LogP contribution in [0.1, 0.15) is 11.1 Å². The molecule has 0 saturated heterocycles. The van der Waals surface area contributed by atoms with Crippen LogP contribution in [0.4, 0.5) is 5.69 Å². The summed E-state index contributed by atoms with van der Waals surface area (Å²) in [5.74, 6) is 0. The van der Waals surface area contributed by atoms with E-state index in [1.54, 1.807) is 0 Å². The first-order valence-corrected chi connectivity index (χ1v) is 2.99. The Morgan fingerprint density at radius 2 is 1.56 bits per heavy atom. The van der Waals surface area contributed by atoms with Crippen molar-refractivity contribution in [3.63, 3.8) is 0 Å². The molecule has 0 aliphatic rings. The summed E-state index contributed by atoms with van der Waals surface area (Å²) >= 11 is 0. The van der Waals surface area contributed by atoms with Gasteiger partial charge in [-0.2, -0.15) is 0 Å². The first-order valence-electron chi connectivity index (χ1n) is 2.99. The fourth-order valence-corrected chi connectivity index (χ4v) is 0.814. The number of rotatable bonds is 0. The molecule has 9 heavy (non-hydrogen) atoms. The Hall–Kier alpha value is -0.980. The first-order chi connectivity index (χ1) is 4.22. The molecule has 0 aliphatic carbocycles. The van der Waals surface area contributed by atoms with E-state index in [9.17, 15) is 0 Å². The molecule has 0 atom stereocenters. The van der Waals surface area contributed by atoms with E-state index in [2.05, 4.69) is 0 Å². The monoisotopic (exact) mass is 120 g/mol. The highest BCUT2D eigenvalue weighted by Crippen LogP contribution is 2.20. The number of hydrogen-bond donors (Lipinski definition) is 0. The Kier molecular flexibility index (Phi) is 1.43. The van der Waals surface area contributed by atoms with Gasteiger partial charge >= 0.3 is 0 Å². The van der Waals surface area contributed by atoms with Crippen LogP contribution in [0, 0.1) is 13.8 Å². The molecule has 0 amide bonds. The predicted molar refractivity (Wildman–Crippen MR) is 39.9 cm³/mol. The van der Waals surface area contributed by atoms with Gasteiger partial charge in [0.2, 0.25) is 0 Å². The SMILES string of the molecule is Cc1cccc(C)c1[NH-]. The van der Waals surface area contributed by atoms with Gasteiger partial charge in [-0.05, 0) is 13.8 Å². The van der Waals surface area contributed by atoms with Crippen molar-refractivity contribution >= 4 is 5.69 Å². The second-order valence-corrected chi connectivity index (χ2v) is 2.27. The Balaban J connectivity index is 3.25. The van der Waals surface area contributed by atoms with E-state index in [4.69, 9.17) is 5.73 Å². The zero-order chi connectivity index (χ0) is 6.85. The summed E-state index contributed by atoms with van der Waals surface area (Å²) in [6.07, 6.45) is 0. The van der Waals surface area contributed by atoms with Crippen molar-refractivity contribution in [2.24, 2.45) is 0 Å². The van der Waals surface area contributed by atoms with Gasteiger partial charge in [-0.3, -0.25) is 0 Å². The largest absolute Gasteiger partial charge is 0.698 e. The molecule has 1 rings (SSSR count). The lowest BCUT2D eigenvalue weighted by molar-refractivity contribution is 1.41. The third-order valence-electron chi connectivity index (χ3n) is 1.48. The molecule has 0 heterocycles. The Morgan fingerprint density at radius 1 is 1.11 bits per heavy atom. The van der Waals surface area contributed by atoms with Crippen LogP contribution >= 0.6 is 0 Å². The van der Waals surface area contributed by atoms with Crippen molar-refractivity contribution in [1.29, 1.82) is 0 Å². The zero-order valence-corrected chi connectivity index (χ0v) is 5.73. The number of nitrogens with one attached hydrogen (secondary N) is 1. The fraction of sp³-hybridized carbons (Fsp3) is 0.250. The minimum absolute atomic E-state index is 0.664. The average molecular weight is 120 g/mol. The molecule has 1 heteroatoms. The molecule has 0 fully saturated rings. The second kappa shape index (κ2) is 2.09. The lowest BCUT2D eigenvalue weighted by atomic mass is 10.1. The highest BCUT2D eigenvalue weighted by atomic mass is 14.6. The maximum absolute atomic E-state index is 7.44. The first kappa shape index (κ1) is 6.14. The molecule has 0 unspecified atom stereocenters. The number of benzene rings is 1. The molecular weight excluding hydrogens is 110 g/mol. The highest BCUT2D eigenvalue weighted by Gasteiger charge is 1.85. The van der Waals surface area contributed by atoms with Gasteiger partial charge in [-0.1, -0.05) is 29.3 Å². The Labute approximate surface area is 55.5 Å². The molecular formula is C8H10N-. The summed E-state index contributed by atoms with van der Waals surface area (Å²) in [6.45, 7) is 3.91. The van der Waals surface area contributed by atoms with E-state index in [-0.39, 0.29) is 0 Å². The van der Waals surface area contributed by atoms with Crippen LogP contribution in [-0.2, 0) is 0 Å². The van der Waals surface area contributed by atoms with Crippen LogP contribution < -0.4 is 0 Å². The molecule has 0 radical (unpaired) electrons. The van der Waals surface area contributed by atoms with Gasteiger partial charge in [-0.25, -0.2) is 0 Å². The van der Waals surface area contributed by atoms with Gasteiger partial charge < -0.3 is 5.73 Å². The summed E-state index contributed by atoms with van der Waals surface area (Å²) in [7, 11) is 0. The molecule has 0 bridgehead atoms. The molecule has 1 aromatic carbocycles. The maximum Gasteiger partial charge on any atom is -0.0410 e. The molecule has 0 saturated carbocycles. The van der Waals surface area contributed by atoms with Crippen LogP contribution in [0.15, 0.2) is 18.2 Å². The molecule has 0 aliphatic heterocycles. The van der Waals surface area contributed by atoms with Crippen LogP contribution in [-0.4, -0.2) is 0 Å². The van der Waals surface area contributed by atoms with Crippen LogP contribution in [0.2, 0.25) is 0 Å². The zero-order valence-electron chi connectivity index (χ0n) is 5.73. The van der Waals surface area contributed by atoms with Gasteiger partial charge in [0, 0.05) is 0 Å². The van der Waals surface area contributed by atoms with Crippen molar-refractivity contribution in [2.75, 3.05) is 0 Å².